The molecular weight excluding hydrogens is 232 g/mol. The van der Waals surface area contributed by atoms with Gasteiger partial charge in [0, 0.05) is 0 Å². The Labute approximate surface area is 104 Å². The van der Waals surface area contributed by atoms with E-state index >= 15 is 0 Å². The normalized spacial score (nSPS) is 10.1. The van der Waals surface area contributed by atoms with Crippen molar-refractivity contribution >= 4 is 5.82 Å². The average molecular weight is 244 g/mol. The lowest BCUT2D eigenvalue weighted by Crippen LogP contribution is -2.00. The van der Waals surface area contributed by atoms with E-state index in [2.05, 4.69) is 4.98 Å². The zero-order chi connectivity index (χ0) is 13.0. The Morgan fingerprint density at radius 2 is 2.00 bits per heavy atom. The molecule has 92 valence electrons. The molecule has 0 atom stereocenters. The fraction of sp³-hybridized carbons (Fsp3) is 0.154. The van der Waals surface area contributed by atoms with Gasteiger partial charge >= 0.3 is 5.82 Å². The van der Waals surface area contributed by atoms with Crippen LogP contribution in [-0.2, 0) is 6.61 Å². The Morgan fingerprint density at radius 1 is 1.28 bits per heavy atom. The van der Waals surface area contributed by atoms with E-state index in [1.165, 1.54) is 6.20 Å². The number of aromatic nitrogens is 1. The zero-order valence-corrected chi connectivity index (χ0v) is 9.87. The van der Waals surface area contributed by atoms with Crippen LogP contribution >= 0.6 is 0 Å². The molecular formula is C13H12N2O3. The van der Waals surface area contributed by atoms with Crippen LogP contribution in [0.15, 0.2) is 42.6 Å². The Balaban J connectivity index is 2.10. The van der Waals surface area contributed by atoms with Gasteiger partial charge in [-0.05, 0) is 34.5 Å². The number of nitrogens with zero attached hydrogens (tertiary/aromatic N) is 2. The Bertz CT molecular complexity index is 552. The van der Waals surface area contributed by atoms with Crippen molar-refractivity contribution in [2.24, 2.45) is 0 Å². The van der Waals surface area contributed by atoms with Crippen LogP contribution in [0.1, 0.15) is 11.1 Å². The predicted molar refractivity (Wildman–Crippen MR) is 66.4 cm³/mol. The van der Waals surface area contributed by atoms with Crippen molar-refractivity contribution < 1.29 is 9.66 Å². The second kappa shape index (κ2) is 5.27. The summed E-state index contributed by atoms with van der Waals surface area (Å²) in [5.74, 6) is -0.0762. The number of benzene rings is 1. The van der Waals surface area contributed by atoms with Crippen molar-refractivity contribution in [2.75, 3.05) is 0 Å². The predicted octanol–water partition coefficient (Wildman–Crippen LogP) is 2.88. The summed E-state index contributed by atoms with van der Waals surface area (Å²) in [6.07, 6.45) is 1.37. The molecule has 5 nitrogen and oxygen atoms in total. The minimum atomic E-state index is -0.551. The van der Waals surface area contributed by atoms with Crippen molar-refractivity contribution in [3.63, 3.8) is 0 Å². The van der Waals surface area contributed by atoms with Gasteiger partial charge in [-0.1, -0.05) is 29.8 Å². The van der Waals surface area contributed by atoms with Crippen LogP contribution in [0.4, 0.5) is 5.82 Å². The zero-order valence-electron chi connectivity index (χ0n) is 9.87. The van der Waals surface area contributed by atoms with Crippen molar-refractivity contribution in [3.05, 3.63) is 63.8 Å². The monoisotopic (exact) mass is 244 g/mol. The third-order valence-electron chi connectivity index (χ3n) is 2.44. The van der Waals surface area contributed by atoms with Gasteiger partial charge in [0.2, 0.25) is 5.75 Å². The van der Waals surface area contributed by atoms with Gasteiger partial charge in [0.05, 0.1) is 0 Å². The van der Waals surface area contributed by atoms with Gasteiger partial charge in [-0.2, -0.15) is 0 Å². The first-order valence-electron chi connectivity index (χ1n) is 5.44. The van der Waals surface area contributed by atoms with Crippen LogP contribution in [0.2, 0.25) is 0 Å². The van der Waals surface area contributed by atoms with Gasteiger partial charge in [0.25, 0.3) is 0 Å². The minimum absolute atomic E-state index is 0.183. The smallest absolute Gasteiger partial charge is 0.406 e. The van der Waals surface area contributed by atoms with Crippen molar-refractivity contribution in [1.29, 1.82) is 0 Å². The van der Waals surface area contributed by atoms with E-state index in [0.717, 1.165) is 11.1 Å². The summed E-state index contributed by atoms with van der Waals surface area (Å²) in [5, 5.41) is 10.7. The molecule has 1 aromatic heterocycles. The highest BCUT2D eigenvalue weighted by Crippen LogP contribution is 2.23. The lowest BCUT2D eigenvalue weighted by molar-refractivity contribution is -0.390. The molecule has 18 heavy (non-hydrogen) atoms. The van der Waals surface area contributed by atoms with Gasteiger partial charge in [0.1, 0.15) is 12.8 Å². The number of ether oxygens (including phenoxy) is 1. The third kappa shape index (κ3) is 2.82. The SMILES string of the molecule is Cc1ccc(COc2cccnc2[N+](=O)[O-])cc1. The molecule has 0 aliphatic rings. The summed E-state index contributed by atoms with van der Waals surface area (Å²) in [6, 6.07) is 10.9. The van der Waals surface area contributed by atoms with E-state index in [0.29, 0.717) is 0 Å². The third-order valence-corrected chi connectivity index (χ3v) is 2.44. The summed E-state index contributed by atoms with van der Waals surface area (Å²) in [4.78, 5) is 13.9. The lowest BCUT2D eigenvalue weighted by atomic mass is 10.2. The summed E-state index contributed by atoms with van der Waals surface area (Å²) in [5.41, 5.74) is 2.12. The van der Waals surface area contributed by atoms with Crippen LogP contribution in [0.3, 0.4) is 0 Å². The number of nitro groups is 1. The highest BCUT2D eigenvalue weighted by Gasteiger charge is 2.15. The fourth-order valence-corrected chi connectivity index (χ4v) is 1.48. The number of pyridine rings is 1. The average Bonchev–Trinajstić information content (AvgIpc) is 2.38. The quantitative estimate of drug-likeness (QED) is 0.612. The Hall–Kier alpha value is -2.43. The molecule has 0 spiro atoms. The van der Waals surface area contributed by atoms with E-state index in [1.807, 2.05) is 31.2 Å². The first-order chi connectivity index (χ1) is 8.66. The largest absolute Gasteiger partial charge is 0.481 e. The van der Waals surface area contributed by atoms with Crippen LogP contribution in [0.5, 0.6) is 5.75 Å². The maximum Gasteiger partial charge on any atom is 0.406 e. The molecule has 2 aromatic rings. The fourth-order valence-electron chi connectivity index (χ4n) is 1.48. The molecule has 0 unspecified atom stereocenters. The molecule has 0 saturated carbocycles. The molecule has 0 fully saturated rings. The molecule has 0 aliphatic carbocycles. The molecule has 0 N–H and O–H groups in total. The van der Waals surface area contributed by atoms with Crippen molar-refractivity contribution in [2.45, 2.75) is 13.5 Å². The second-order valence-corrected chi connectivity index (χ2v) is 3.86. The van der Waals surface area contributed by atoms with Crippen molar-refractivity contribution in [3.8, 4) is 5.75 Å². The van der Waals surface area contributed by atoms with Gasteiger partial charge in [-0.15, -0.1) is 0 Å². The highest BCUT2D eigenvalue weighted by molar-refractivity contribution is 5.38. The van der Waals surface area contributed by atoms with Gasteiger partial charge in [-0.3, -0.25) is 0 Å². The summed E-state index contributed by atoms with van der Waals surface area (Å²) in [6.45, 7) is 2.28. The second-order valence-electron chi connectivity index (χ2n) is 3.86. The first kappa shape index (κ1) is 12.0. The van der Waals surface area contributed by atoms with Crippen LogP contribution in [0, 0.1) is 17.0 Å². The minimum Gasteiger partial charge on any atom is -0.481 e. The highest BCUT2D eigenvalue weighted by atomic mass is 16.6. The number of hydrogen-bond donors (Lipinski definition) is 0. The summed E-state index contributed by atoms with van der Waals surface area (Å²) >= 11 is 0. The number of aryl methyl sites for hydroxylation is 1. The lowest BCUT2D eigenvalue weighted by Gasteiger charge is -2.06. The van der Waals surface area contributed by atoms with Crippen molar-refractivity contribution in [1.82, 2.24) is 4.98 Å². The molecule has 2 rings (SSSR count). The molecule has 0 amide bonds. The number of hydrogen-bond acceptors (Lipinski definition) is 4. The van der Waals surface area contributed by atoms with E-state index in [9.17, 15) is 10.1 Å². The van der Waals surface area contributed by atoms with E-state index < -0.39 is 4.92 Å². The van der Waals surface area contributed by atoms with E-state index in [4.69, 9.17) is 4.74 Å². The first-order valence-corrected chi connectivity index (χ1v) is 5.44. The maximum atomic E-state index is 10.7. The maximum absolute atomic E-state index is 10.7. The van der Waals surface area contributed by atoms with Crippen LogP contribution in [-0.4, -0.2) is 9.91 Å². The van der Waals surface area contributed by atoms with Gasteiger partial charge in [0.15, 0.2) is 0 Å². The van der Waals surface area contributed by atoms with E-state index in [-0.39, 0.29) is 18.2 Å². The van der Waals surface area contributed by atoms with Gasteiger partial charge < -0.3 is 14.9 Å². The van der Waals surface area contributed by atoms with Crippen LogP contribution < -0.4 is 4.74 Å². The summed E-state index contributed by atoms with van der Waals surface area (Å²) < 4.78 is 5.42. The standard InChI is InChI=1S/C13H12N2O3/c1-10-4-6-11(7-5-10)9-18-12-3-2-8-14-13(12)15(16)17/h2-8H,9H2,1H3. The molecule has 0 saturated heterocycles. The van der Waals surface area contributed by atoms with E-state index in [1.54, 1.807) is 12.1 Å². The van der Waals surface area contributed by atoms with Crippen LogP contribution in [0.25, 0.3) is 0 Å². The number of rotatable bonds is 4. The molecule has 1 aromatic carbocycles. The molecule has 1 heterocycles. The molecule has 5 heteroatoms. The molecule has 0 aliphatic heterocycles. The Morgan fingerprint density at radius 3 is 2.67 bits per heavy atom. The topological polar surface area (TPSA) is 65.3 Å². The summed E-state index contributed by atoms with van der Waals surface area (Å²) in [7, 11) is 0. The van der Waals surface area contributed by atoms with Gasteiger partial charge in [-0.25, -0.2) is 0 Å². The Kier molecular flexibility index (Phi) is 3.52. The molecule has 0 bridgehead atoms. The molecule has 0 radical (unpaired) electrons.